The summed E-state index contributed by atoms with van der Waals surface area (Å²) in [6.45, 7) is 6.08. The second kappa shape index (κ2) is 9.92. The number of hydrogen-bond acceptors (Lipinski definition) is 6. The molecule has 2 N–H and O–H groups in total. The van der Waals surface area contributed by atoms with Crippen LogP contribution < -0.4 is 15.5 Å². The molecular weight excluding hydrogens is 504 g/mol. The van der Waals surface area contributed by atoms with Crippen LogP contribution in [-0.2, 0) is 19.1 Å². The van der Waals surface area contributed by atoms with E-state index in [2.05, 4.69) is 25.1 Å². The van der Waals surface area contributed by atoms with Gasteiger partial charge in [-0.25, -0.2) is 19.8 Å². The molecule has 0 atom stereocenters. The summed E-state index contributed by atoms with van der Waals surface area (Å²) in [5.41, 5.74) is 0.0736. The normalized spacial score (nSPS) is 13.5. The first-order valence-corrected chi connectivity index (χ1v) is 10.7. The van der Waals surface area contributed by atoms with E-state index in [4.69, 9.17) is 6.57 Å². The molecule has 0 radical (unpaired) electrons. The van der Waals surface area contributed by atoms with E-state index < -0.39 is 36.1 Å². The topological polar surface area (TPSA) is 87.4 Å². The SMILES string of the molecule is [C-]#[N+]c1ccc(N2CCc3c(ncnc3Nc3ccc(C(=O)NCC(F)(F)F)cn3)C2)cc1C(F)(F)F. The highest BCUT2D eigenvalue weighted by atomic mass is 19.4. The number of fused-ring (bicyclic) bond motifs is 1. The molecule has 0 aliphatic carbocycles. The number of alkyl halides is 6. The van der Waals surface area contributed by atoms with Crippen LogP contribution >= 0.6 is 0 Å². The quantitative estimate of drug-likeness (QED) is 0.362. The Kier molecular flexibility index (Phi) is 6.88. The van der Waals surface area contributed by atoms with Crippen molar-refractivity contribution in [2.24, 2.45) is 0 Å². The number of amides is 1. The van der Waals surface area contributed by atoms with Crippen molar-refractivity contribution in [2.45, 2.75) is 25.3 Å². The van der Waals surface area contributed by atoms with Gasteiger partial charge in [-0.1, -0.05) is 6.07 Å². The second-order valence-electron chi connectivity index (χ2n) is 7.99. The van der Waals surface area contributed by atoms with Crippen molar-refractivity contribution < 1.29 is 31.1 Å². The van der Waals surface area contributed by atoms with Crippen molar-refractivity contribution >= 4 is 28.9 Å². The van der Waals surface area contributed by atoms with Crippen molar-refractivity contribution in [1.82, 2.24) is 20.3 Å². The predicted molar refractivity (Wildman–Crippen MR) is 120 cm³/mol. The molecule has 4 rings (SSSR count). The van der Waals surface area contributed by atoms with E-state index >= 15 is 0 Å². The molecule has 3 aromatic rings. The van der Waals surface area contributed by atoms with E-state index in [0.717, 1.165) is 23.9 Å². The third-order valence-electron chi connectivity index (χ3n) is 5.50. The molecule has 1 amide bonds. The van der Waals surface area contributed by atoms with Crippen LogP contribution in [-0.4, -0.2) is 40.1 Å². The van der Waals surface area contributed by atoms with Crippen molar-refractivity contribution in [3.63, 3.8) is 0 Å². The van der Waals surface area contributed by atoms with E-state index in [9.17, 15) is 31.1 Å². The minimum absolute atomic E-state index is 0.0578. The van der Waals surface area contributed by atoms with Crippen LogP contribution in [0.2, 0.25) is 0 Å². The lowest BCUT2D eigenvalue weighted by Crippen LogP contribution is -2.33. The maximum Gasteiger partial charge on any atom is 0.407 e. The van der Waals surface area contributed by atoms with Gasteiger partial charge in [0, 0.05) is 24.0 Å². The Labute approximate surface area is 206 Å². The monoisotopic (exact) mass is 521 g/mol. The Hall–Kier alpha value is -4.41. The van der Waals surface area contributed by atoms with Gasteiger partial charge in [0.25, 0.3) is 5.91 Å². The zero-order valence-corrected chi connectivity index (χ0v) is 18.8. The fraction of sp³-hybridized carbons (Fsp3) is 0.261. The number of benzene rings is 1. The molecule has 0 unspecified atom stereocenters. The first-order valence-electron chi connectivity index (χ1n) is 10.7. The fourth-order valence-electron chi connectivity index (χ4n) is 3.73. The molecule has 0 saturated heterocycles. The second-order valence-corrected chi connectivity index (χ2v) is 7.99. The zero-order chi connectivity index (χ0) is 26.8. The highest BCUT2D eigenvalue weighted by molar-refractivity contribution is 5.94. The smallest absolute Gasteiger partial charge is 0.365 e. The number of carbonyl (C=O) groups is 1. The summed E-state index contributed by atoms with van der Waals surface area (Å²) in [4.78, 5) is 29.0. The van der Waals surface area contributed by atoms with E-state index in [1.807, 2.05) is 0 Å². The fourth-order valence-corrected chi connectivity index (χ4v) is 3.73. The molecule has 0 spiro atoms. The molecule has 0 saturated carbocycles. The molecule has 0 fully saturated rings. The largest absolute Gasteiger partial charge is 0.407 e. The minimum atomic E-state index is -4.66. The maximum absolute atomic E-state index is 13.4. The Morgan fingerprint density at radius 2 is 1.86 bits per heavy atom. The number of aromatic nitrogens is 3. The van der Waals surface area contributed by atoms with E-state index in [1.165, 1.54) is 24.5 Å². The number of nitrogens with one attached hydrogen (secondary N) is 2. The lowest BCUT2D eigenvalue weighted by molar-refractivity contribution is -0.136. The Bertz CT molecular complexity index is 1350. The summed E-state index contributed by atoms with van der Waals surface area (Å²) in [7, 11) is 0. The van der Waals surface area contributed by atoms with Crippen LogP contribution in [0.5, 0.6) is 0 Å². The van der Waals surface area contributed by atoms with Gasteiger partial charge in [-0.05, 0) is 30.7 Å². The van der Waals surface area contributed by atoms with Crippen LogP contribution in [0.4, 0.5) is 49.4 Å². The number of halogens is 6. The van der Waals surface area contributed by atoms with Crippen LogP contribution in [0.15, 0.2) is 42.9 Å². The molecule has 1 aliphatic heterocycles. The predicted octanol–water partition coefficient (Wildman–Crippen LogP) is 5.04. The van der Waals surface area contributed by atoms with Crippen LogP contribution in [0.25, 0.3) is 4.85 Å². The van der Waals surface area contributed by atoms with Gasteiger partial charge < -0.3 is 15.5 Å². The number of nitrogens with zero attached hydrogens (tertiary/aromatic N) is 5. The number of hydrogen-bond donors (Lipinski definition) is 2. The van der Waals surface area contributed by atoms with Crippen LogP contribution in [0, 0.1) is 6.57 Å². The summed E-state index contributed by atoms with van der Waals surface area (Å²) in [5, 5.41) is 4.74. The number of rotatable bonds is 5. The lowest BCUT2D eigenvalue weighted by Gasteiger charge is -2.31. The molecule has 1 aromatic carbocycles. The molecule has 0 bridgehead atoms. The van der Waals surface area contributed by atoms with E-state index in [1.54, 1.807) is 10.2 Å². The third-order valence-corrected chi connectivity index (χ3v) is 5.50. The van der Waals surface area contributed by atoms with Gasteiger partial charge in [-0.3, -0.25) is 4.79 Å². The molecule has 192 valence electrons. The van der Waals surface area contributed by atoms with Crippen molar-refractivity contribution in [3.8, 4) is 0 Å². The van der Waals surface area contributed by atoms with Gasteiger partial charge in [0.1, 0.15) is 24.5 Å². The van der Waals surface area contributed by atoms with E-state index in [-0.39, 0.29) is 17.9 Å². The first-order chi connectivity index (χ1) is 17.4. The van der Waals surface area contributed by atoms with Gasteiger partial charge in [0.15, 0.2) is 5.69 Å². The highest BCUT2D eigenvalue weighted by Crippen LogP contribution is 2.39. The Morgan fingerprint density at radius 1 is 1.08 bits per heavy atom. The molecule has 37 heavy (non-hydrogen) atoms. The lowest BCUT2D eigenvalue weighted by atomic mass is 10.0. The molecule has 8 nitrogen and oxygen atoms in total. The summed E-state index contributed by atoms with van der Waals surface area (Å²) >= 11 is 0. The molecular formula is C23H17F6N7O. The highest BCUT2D eigenvalue weighted by Gasteiger charge is 2.34. The Morgan fingerprint density at radius 3 is 2.51 bits per heavy atom. The summed E-state index contributed by atoms with van der Waals surface area (Å²) < 4.78 is 77.0. The van der Waals surface area contributed by atoms with Gasteiger partial charge in [-0.15, -0.1) is 0 Å². The summed E-state index contributed by atoms with van der Waals surface area (Å²) in [6.07, 6.45) is -6.40. The van der Waals surface area contributed by atoms with Gasteiger partial charge >= 0.3 is 12.4 Å². The van der Waals surface area contributed by atoms with Crippen LogP contribution in [0.3, 0.4) is 0 Å². The van der Waals surface area contributed by atoms with Crippen molar-refractivity contribution in [2.75, 3.05) is 23.3 Å². The molecule has 1 aliphatic rings. The van der Waals surface area contributed by atoms with E-state index in [0.29, 0.717) is 30.2 Å². The summed E-state index contributed by atoms with van der Waals surface area (Å²) in [6, 6.07) is 6.27. The standard InChI is InChI=1S/C23H17F6N7O/c1-30-17-4-3-14(8-16(17)23(27,28)29)36-7-6-15-18(10-36)33-12-34-20(15)35-19-5-2-13(9-31-19)21(37)32-11-22(24,25)26/h2-5,8-9,12H,6-7,10-11H2,(H,32,37)(H,31,33,34,35). The summed E-state index contributed by atoms with van der Waals surface area (Å²) in [5.74, 6) is -0.236. The maximum atomic E-state index is 13.4. The van der Waals surface area contributed by atoms with Crippen molar-refractivity contribution in [1.29, 1.82) is 0 Å². The van der Waals surface area contributed by atoms with Crippen molar-refractivity contribution in [3.05, 3.63) is 76.7 Å². The number of carbonyl (C=O) groups excluding carboxylic acids is 1. The zero-order valence-electron chi connectivity index (χ0n) is 18.8. The number of anilines is 3. The molecule has 3 heterocycles. The first kappa shape index (κ1) is 25.7. The third kappa shape index (κ3) is 6.05. The molecule has 14 heteroatoms. The molecule has 2 aromatic heterocycles. The average Bonchev–Trinajstić information content (AvgIpc) is 2.86. The van der Waals surface area contributed by atoms with Gasteiger partial charge in [-0.2, -0.15) is 26.3 Å². The van der Waals surface area contributed by atoms with Crippen LogP contribution in [0.1, 0.15) is 27.2 Å². The average molecular weight is 521 g/mol. The number of pyridine rings is 1. The Balaban J connectivity index is 1.48. The van der Waals surface area contributed by atoms with Gasteiger partial charge in [0.05, 0.1) is 29.9 Å². The minimum Gasteiger partial charge on any atom is -0.365 e. The van der Waals surface area contributed by atoms with Gasteiger partial charge in [0.2, 0.25) is 0 Å².